The minimum Gasteiger partial charge on any atom is -0.339 e. The lowest BCUT2D eigenvalue weighted by Crippen LogP contribution is -2.49. The van der Waals surface area contributed by atoms with E-state index in [1.165, 1.54) is 0 Å². The molecule has 158 valence electrons. The van der Waals surface area contributed by atoms with Gasteiger partial charge in [0.1, 0.15) is 10.8 Å². The van der Waals surface area contributed by atoms with Crippen LogP contribution in [-0.2, 0) is 21.2 Å². The van der Waals surface area contributed by atoms with Crippen molar-refractivity contribution < 1.29 is 13.2 Å². The van der Waals surface area contributed by atoms with Crippen LogP contribution in [-0.4, -0.2) is 66.8 Å². The molecule has 2 aromatic rings. The largest absolute Gasteiger partial charge is 0.339 e. The molecular formula is C21H29N3O3S2. The normalized spacial score (nSPS) is 15.6. The summed E-state index contributed by atoms with van der Waals surface area (Å²) in [6, 6.07) is 10.1. The van der Waals surface area contributed by atoms with Crippen LogP contribution >= 0.6 is 11.3 Å². The molecule has 1 aliphatic heterocycles. The molecule has 1 aromatic heterocycles. The number of benzene rings is 1. The first-order valence-electron chi connectivity index (χ1n) is 10.2. The molecule has 8 heteroatoms. The number of nitrogens with zero attached hydrogens (tertiary/aromatic N) is 3. The highest BCUT2D eigenvalue weighted by molar-refractivity contribution is 7.92. The van der Waals surface area contributed by atoms with Gasteiger partial charge >= 0.3 is 0 Å². The van der Waals surface area contributed by atoms with E-state index in [0.29, 0.717) is 19.5 Å². The molecule has 0 spiro atoms. The Labute approximate surface area is 177 Å². The number of rotatable bonds is 9. The maximum Gasteiger partial charge on any atom is 0.237 e. The fourth-order valence-corrected chi connectivity index (χ4v) is 5.57. The van der Waals surface area contributed by atoms with Gasteiger partial charge in [0.05, 0.1) is 11.4 Å². The van der Waals surface area contributed by atoms with E-state index in [4.69, 9.17) is 4.98 Å². The lowest BCUT2D eigenvalue weighted by molar-refractivity contribution is -0.130. The second-order valence-electron chi connectivity index (χ2n) is 7.47. The molecule has 3 rings (SSSR count). The molecule has 0 unspecified atom stereocenters. The number of carbonyl (C=O) groups is 1. The van der Waals surface area contributed by atoms with E-state index in [0.717, 1.165) is 48.7 Å². The first-order chi connectivity index (χ1) is 14.0. The molecule has 1 saturated heterocycles. The van der Waals surface area contributed by atoms with Gasteiger partial charge in [-0.3, -0.25) is 9.69 Å². The van der Waals surface area contributed by atoms with Crippen molar-refractivity contribution in [2.75, 3.05) is 37.7 Å². The molecule has 0 N–H and O–H groups in total. The summed E-state index contributed by atoms with van der Waals surface area (Å²) in [6.45, 7) is 5.39. The SMILES string of the molecule is CCCCCS(=O)(=O)CC(=O)N1CCN(Cc2csc(-c3ccccc3)n2)CC1. The second-order valence-corrected chi connectivity index (χ2v) is 10.5. The maximum absolute atomic E-state index is 12.4. The zero-order chi connectivity index (χ0) is 20.7. The van der Waals surface area contributed by atoms with Crippen LogP contribution in [0.25, 0.3) is 10.6 Å². The lowest BCUT2D eigenvalue weighted by atomic mass is 10.2. The smallest absolute Gasteiger partial charge is 0.237 e. The van der Waals surface area contributed by atoms with Crippen molar-refractivity contribution in [2.45, 2.75) is 32.7 Å². The van der Waals surface area contributed by atoms with Gasteiger partial charge in [-0.15, -0.1) is 11.3 Å². The molecule has 0 atom stereocenters. The third-order valence-electron chi connectivity index (χ3n) is 5.09. The number of amides is 1. The van der Waals surface area contributed by atoms with Gasteiger partial charge in [0, 0.05) is 43.7 Å². The average molecular weight is 436 g/mol. The van der Waals surface area contributed by atoms with Crippen molar-refractivity contribution in [3.05, 3.63) is 41.4 Å². The van der Waals surface area contributed by atoms with Crippen molar-refractivity contribution in [2.24, 2.45) is 0 Å². The van der Waals surface area contributed by atoms with Crippen molar-refractivity contribution in [1.82, 2.24) is 14.8 Å². The van der Waals surface area contributed by atoms with E-state index in [9.17, 15) is 13.2 Å². The predicted molar refractivity (Wildman–Crippen MR) is 118 cm³/mol. The summed E-state index contributed by atoms with van der Waals surface area (Å²) in [5, 5.41) is 3.10. The van der Waals surface area contributed by atoms with Gasteiger partial charge in [-0.2, -0.15) is 0 Å². The molecule has 1 fully saturated rings. The van der Waals surface area contributed by atoms with E-state index < -0.39 is 9.84 Å². The Hall–Kier alpha value is -1.77. The van der Waals surface area contributed by atoms with Crippen molar-refractivity contribution in [1.29, 1.82) is 0 Å². The van der Waals surface area contributed by atoms with E-state index in [1.54, 1.807) is 16.2 Å². The van der Waals surface area contributed by atoms with Crippen LogP contribution in [0.5, 0.6) is 0 Å². The summed E-state index contributed by atoms with van der Waals surface area (Å²) in [5.41, 5.74) is 2.16. The summed E-state index contributed by atoms with van der Waals surface area (Å²) in [6.07, 6.45) is 2.49. The lowest BCUT2D eigenvalue weighted by Gasteiger charge is -2.34. The quantitative estimate of drug-likeness (QED) is 0.566. The molecule has 0 bridgehead atoms. The second kappa shape index (κ2) is 10.3. The molecule has 1 aliphatic rings. The van der Waals surface area contributed by atoms with Crippen LogP contribution in [0.3, 0.4) is 0 Å². The minimum atomic E-state index is -3.30. The van der Waals surface area contributed by atoms with E-state index >= 15 is 0 Å². The van der Waals surface area contributed by atoms with Crippen LogP contribution in [0, 0.1) is 0 Å². The molecule has 0 saturated carbocycles. The molecule has 6 nitrogen and oxygen atoms in total. The molecule has 29 heavy (non-hydrogen) atoms. The zero-order valence-corrected chi connectivity index (χ0v) is 18.6. The van der Waals surface area contributed by atoms with Gasteiger partial charge < -0.3 is 4.90 Å². The number of hydrogen-bond acceptors (Lipinski definition) is 6. The first-order valence-corrected chi connectivity index (χ1v) is 12.9. The van der Waals surface area contributed by atoms with E-state index in [2.05, 4.69) is 22.4 Å². The van der Waals surface area contributed by atoms with E-state index in [1.807, 2.05) is 25.1 Å². The fraction of sp³-hybridized carbons (Fsp3) is 0.524. The van der Waals surface area contributed by atoms with Gasteiger partial charge in [-0.25, -0.2) is 13.4 Å². The van der Waals surface area contributed by atoms with Crippen LogP contribution in [0.15, 0.2) is 35.7 Å². The third kappa shape index (κ3) is 6.62. The summed E-state index contributed by atoms with van der Waals surface area (Å²) >= 11 is 1.64. The molecule has 2 heterocycles. The number of sulfone groups is 1. The van der Waals surface area contributed by atoms with Gasteiger partial charge in [0.15, 0.2) is 9.84 Å². The Morgan fingerprint density at radius 2 is 1.83 bits per heavy atom. The summed E-state index contributed by atoms with van der Waals surface area (Å²) in [5.74, 6) is -0.509. The predicted octanol–water partition coefficient (Wildman–Crippen LogP) is 3.06. The Balaban J connectivity index is 1.46. The molecule has 1 amide bonds. The third-order valence-corrected chi connectivity index (χ3v) is 7.62. The summed E-state index contributed by atoms with van der Waals surface area (Å²) in [7, 11) is -3.30. The van der Waals surface area contributed by atoms with Crippen molar-refractivity contribution in [3.63, 3.8) is 0 Å². The Morgan fingerprint density at radius 1 is 1.10 bits per heavy atom. The number of hydrogen-bond donors (Lipinski definition) is 0. The monoisotopic (exact) mass is 435 g/mol. The van der Waals surface area contributed by atoms with Crippen molar-refractivity contribution >= 4 is 27.1 Å². The summed E-state index contributed by atoms with van der Waals surface area (Å²) < 4.78 is 24.2. The number of aromatic nitrogens is 1. The van der Waals surface area contributed by atoms with E-state index in [-0.39, 0.29) is 17.4 Å². The number of carbonyl (C=O) groups excluding carboxylic acids is 1. The van der Waals surface area contributed by atoms with Gasteiger partial charge in [-0.1, -0.05) is 50.1 Å². The number of thiazole rings is 1. The maximum atomic E-state index is 12.4. The molecule has 0 aliphatic carbocycles. The highest BCUT2D eigenvalue weighted by Gasteiger charge is 2.25. The molecule has 0 radical (unpaired) electrons. The zero-order valence-electron chi connectivity index (χ0n) is 16.9. The average Bonchev–Trinajstić information content (AvgIpc) is 3.17. The van der Waals surface area contributed by atoms with Crippen molar-refractivity contribution in [3.8, 4) is 10.6 Å². The minimum absolute atomic E-state index is 0.111. The first kappa shape index (κ1) is 21.9. The van der Waals surface area contributed by atoms with Gasteiger partial charge in [0.2, 0.25) is 5.91 Å². The fourth-order valence-electron chi connectivity index (χ4n) is 3.40. The molecule has 1 aromatic carbocycles. The Bertz CT molecular complexity index is 889. The standard InChI is InChI=1S/C21H29N3O3S2/c1-2-3-7-14-29(26,27)17-20(25)24-12-10-23(11-13-24)15-19-16-28-21(22-19)18-8-5-4-6-9-18/h4-6,8-9,16H,2-3,7,10-15,17H2,1H3. The molecular weight excluding hydrogens is 406 g/mol. The Morgan fingerprint density at radius 3 is 2.52 bits per heavy atom. The van der Waals surface area contributed by atoms with Gasteiger partial charge in [0.25, 0.3) is 0 Å². The topological polar surface area (TPSA) is 70.6 Å². The Kier molecular flexibility index (Phi) is 7.80. The number of piperazine rings is 1. The van der Waals surface area contributed by atoms with Gasteiger partial charge in [-0.05, 0) is 6.42 Å². The highest BCUT2D eigenvalue weighted by Crippen LogP contribution is 2.24. The van der Waals surface area contributed by atoms with Crippen LogP contribution < -0.4 is 0 Å². The highest BCUT2D eigenvalue weighted by atomic mass is 32.2. The van der Waals surface area contributed by atoms with Crippen LogP contribution in [0.1, 0.15) is 31.9 Å². The van der Waals surface area contributed by atoms with Crippen LogP contribution in [0.4, 0.5) is 0 Å². The number of unbranched alkanes of at least 4 members (excludes halogenated alkanes) is 2. The summed E-state index contributed by atoms with van der Waals surface area (Å²) in [4.78, 5) is 21.1. The van der Waals surface area contributed by atoms with Crippen LogP contribution in [0.2, 0.25) is 0 Å².